The second kappa shape index (κ2) is 11.5. The number of aromatic nitrogens is 1. The van der Waals surface area contributed by atoms with E-state index in [0.717, 1.165) is 59.9 Å². The first-order chi connectivity index (χ1) is 17.1. The fourth-order valence-corrected chi connectivity index (χ4v) is 6.77. The quantitative estimate of drug-likeness (QED) is 0.518. The number of likely N-dealkylation sites (tertiary alicyclic amines) is 1. The van der Waals surface area contributed by atoms with Gasteiger partial charge in [0.1, 0.15) is 0 Å². The maximum atomic E-state index is 11.9. The zero-order chi connectivity index (χ0) is 25.9. The Morgan fingerprint density at radius 1 is 1.08 bits per heavy atom. The summed E-state index contributed by atoms with van der Waals surface area (Å²) in [6.45, 7) is 7.21. The van der Waals surface area contributed by atoms with Gasteiger partial charge >= 0.3 is 6.09 Å². The highest BCUT2D eigenvalue weighted by atomic mass is 32.2. The molecule has 9 heteroatoms. The summed E-state index contributed by atoms with van der Waals surface area (Å²) in [6.07, 6.45) is 8.24. The number of fused-ring (bicyclic) bond motifs is 1. The summed E-state index contributed by atoms with van der Waals surface area (Å²) in [5.41, 5.74) is 8.28. The molecule has 8 nitrogen and oxygen atoms in total. The van der Waals surface area contributed by atoms with Crippen molar-refractivity contribution in [3.63, 3.8) is 0 Å². The molecule has 1 aromatic heterocycles. The Labute approximate surface area is 215 Å². The van der Waals surface area contributed by atoms with Crippen LogP contribution in [0.5, 0.6) is 0 Å². The zero-order valence-electron chi connectivity index (χ0n) is 21.9. The van der Waals surface area contributed by atoms with Crippen LogP contribution in [-0.4, -0.2) is 56.0 Å². The molecule has 36 heavy (non-hydrogen) atoms. The molecule has 0 spiro atoms. The normalized spacial score (nSPS) is 22.3. The van der Waals surface area contributed by atoms with Crippen molar-refractivity contribution in [1.82, 2.24) is 14.2 Å². The Morgan fingerprint density at radius 2 is 1.75 bits per heavy atom. The van der Waals surface area contributed by atoms with E-state index >= 15 is 0 Å². The first-order valence-electron chi connectivity index (χ1n) is 13.4. The first-order valence-corrected chi connectivity index (χ1v) is 15.2. The molecule has 2 fully saturated rings. The van der Waals surface area contributed by atoms with Gasteiger partial charge in [0.25, 0.3) is 0 Å². The van der Waals surface area contributed by atoms with Crippen LogP contribution in [0.4, 0.5) is 4.79 Å². The molecule has 2 heterocycles. The van der Waals surface area contributed by atoms with Gasteiger partial charge in [-0.15, -0.1) is 0 Å². The van der Waals surface area contributed by atoms with Gasteiger partial charge in [-0.2, -0.15) is 0 Å². The molecule has 2 aliphatic rings. The molecule has 1 aliphatic carbocycles. The van der Waals surface area contributed by atoms with E-state index in [-0.39, 0.29) is 13.2 Å². The third-order valence-corrected chi connectivity index (χ3v) is 8.96. The lowest BCUT2D eigenvalue weighted by atomic mass is 9.79. The molecule has 200 valence electrons. The van der Waals surface area contributed by atoms with Crippen molar-refractivity contribution in [1.29, 1.82) is 0 Å². The molecule has 0 atom stereocenters. The minimum Gasteiger partial charge on any atom is -0.449 e. The lowest BCUT2D eigenvalue weighted by Gasteiger charge is -2.42. The van der Waals surface area contributed by atoms with Gasteiger partial charge in [0.2, 0.25) is 10.0 Å². The number of hydrogen-bond donors (Lipinski definition) is 2. The highest BCUT2D eigenvalue weighted by Gasteiger charge is 2.32. The van der Waals surface area contributed by atoms with Crippen LogP contribution in [0.2, 0.25) is 0 Å². The number of benzene rings is 1. The number of rotatable bonds is 9. The summed E-state index contributed by atoms with van der Waals surface area (Å²) in [7, 11) is -3.36. The number of sulfonamides is 1. The number of para-hydroxylation sites is 1. The van der Waals surface area contributed by atoms with Crippen LogP contribution >= 0.6 is 0 Å². The Hall–Kier alpha value is -2.10. The van der Waals surface area contributed by atoms with Gasteiger partial charge in [-0.1, -0.05) is 32.0 Å². The van der Waals surface area contributed by atoms with Crippen molar-refractivity contribution in [3.05, 3.63) is 35.5 Å². The van der Waals surface area contributed by atoms with E-state index in [9.17, 15) is 13.2 Å². The third-order valence-electron chi connectivity index (χ3n) is 8.29. The van der Waals surface area contributed by atoms with Crippen LogP contribution in [0, 0.1) is 11.8 Å². The van der Waals surface area contributed by atoms with Gasteiger partial charge in [-0.05, 0) is 62.0 Å². The van der Waals surface area contributed by atoms with Crippen molar-refractivity contribution in [2.45, 2.75) is 77.4 Å². The van der Waals surface area contributed by atoms with E-state index in [4.69, 9.17) is 10.5 Å². The lowest BCUT2D eigenvalue weighted by Crippen LogP contribution is -2.44. The summed E-state index contributed by atoms with van der Waals surface area (Å²) in [6, 6.07) is 9.17. The van der Waals surface area contributed by atoms with E-state index in [1.165, 1.54) is 31.9 Å². The number of carbonyl (C=O) groups excluding carboxylic acids is 1. The minimum atomic E-state index is -3.36. The van der Waals surface area contributed by atoms with Crippen molar-refractivity contribution in [2.75, 3.05) is 26.0 Å². The molecule has 4 rings (SSSR count). The van der Waals surface area contributed by atoms with Crippen LogP contribution in [0.1, 0.15) is 69.7 Å². The molecule has 1 aromatic carbocycles. The van der Waals surface area contributed by atoms with E-state index in [2.05, 4.69) is 34.1 Å². The van der Waals surface area contributed by atoms with Crippen molar-refractivity contribution < 1.29 is 17.9 Å². The highest BCUT2D eigenvalue weighted by Crippen LogP contribution is 2.37. The molecule has 0 radical (unpaired) electrons. The van der Waals surface area contributed by atoms with Gasteiger partial charge in [-0.25, -0.2) is 17.9 Å². The maximum Gasteiger partial charge on any atom is 0.404 e. The van der Waals surface area contributed by atoms with Crippen LogP contribution in [0.3, 0.4) is 0 Å². The fraction of sp³-hybridized carbons (Fsp3) is 0.667. The number of nitrogens with two attached hydrogens (primary N) is 1. The predicted molar refractivity (Wildman–Crippen MR) is 143 cm³/mol. The van der Waals surface area contributed by atoms with Gasteiger partial charge < -0.3 is 19.9 Å². The number of nitrogens with zero attached hydrogens (tertiary/aromatic N) is 2. The van der Waals surface area contributed by atoms with E-state index in [1.54, 1.807) is 0 Å². The number of piperidine rings is 1. The summed E-state index contributed by atoms with van der Waals surface area (Å²) in [5, 5.41) is 1.04. The smallest absolute Gasteiger partial charge is 0.404 e. The van der Waals surface area contributed by atoms with Crippen molar-refractivity contribution in [2.24, 2.45) is 17.6 Å². The van der Waals surface area contributed by atoms with Crippen LogP contribution < -0.4 is 10.5 Å². The molecule has 0 unspecified atom stereocenters. The maximum absolute atomic E-state index is 11.9. The fourth-order valence-electron chi connectivity index (χ4n) is 6.36. The molecular formula is C27H42N4O4S. The van der Waals surface area contributed by atoms with Crippen molar-refractivity contribution >= 4 is 27.0 Å². The largest absolute Gasteiger partial charge is 0.449 e. The highest BCUT2D eigenvalue weighted by molar-refractivity contribution is 7.88. The first kappa shape index (κ1) is 26.9. The molecule has 1 saturated carbocycles. The Kier molecular flexibility index (Phi) is 8.63. The Morgan fingerprint density at radius 3 is 2.36 bits per heavy atom. The van der Waals surface area contributed by atoms with Crippen LogP contribution in [-0.2, 0) is 27.7 Å². The van der Waals surface area contributed by atoms with E-state index in [1.807, 2.05) is 18.2 Å². The minimum absolute atomic E-state index is 0.162. The topological polar surface area (TPSA) is 107 Å². The number of carbonyl (C=O) groups is 1. The van der Waals surface area contributed by atoms with E-state index < -0.39 is 16.1 Å². The number of amides is 1. The van der Waals surface area contributed by atoms with Gasteiger partial charge in [0.05, 0.1) is 12.9 Å². The standard InChI is InChI=1S/C27H42N4O4S/c1-19(2)20-8-10-21(11-9-20)30-15-12-22(13-16-30)31-25-7-5-4-6-23(25)24(18-29-36(3,33)34)26(31)14-17-35-27(28)32/h4-7,19-22,29H,8-18H2,1-3H3,(H2,28,32)/t20-,21+. The molecule has 2 aromatic rings. The SMILES string of the molecule is CC(C)[C@H]1CC[C@@H](N2CCC(n3c(CCOC(N)=O)c(CNS(C)(=O)=O)c4ccccc43)CC2)CC1. The summed E-state index contributed by atoms with van der Waals surface area (Å²) in [5.74, 6) is 1.65. The molecule has 1 aliphatic heterocycles. The van der Waals surface area contributed by atoms with Crippen LogP contribution in [0.25, 0.3) is 10.9 Å². The second-order valence-corrected chi connectivity index (χ2v) is 12.7. The van der Waals surface area contributed by atoms with Gasteiger partial charge in [-0.3, -0.25) is 0 Å². The summed E-state index contributed by atoms with van der Waals surface area (Å²) in [4.78, 5) is 13.9. The molecule has 1 amide bonds. The monoisotopic (exact) mass is 518 g/mol. The molecule has 3 N–H and O–H groups in total. The molecule has 1 saturated heterocycles. The van der Waals surface area contributed by atoms with Crippen LogP contribution in [0.15, 0.2) is 24.3 Å². The number of nitrogens with one attached hydrogen (secondary N) is 1. The summed E-state index contributed by atoms with van der Waals surface area (Å²) >= 11 is 0. The average Bonchev–Trinajstić information content (AvgIpc) is 3.15. The predicted octanol–water partition coefficient (Wildman–Crippen LogP) is 4.18. The number of primary amides is 1. The van der Waals surface area contributed by atoms with Crippen molar-refractivity contribution in [3.8, 4) is 0 Å². The van der Waals surface area contributed by atoms with Gasteiger partial charge in [0, 0.05) is 54.7 Å². The van der Waals surface area contributed by atoms with E-state index in [0.29, 0.717) is 18.5 Å². The average molecular weight is 519 g/mol. The number of hydrogen-bond acceptors (Lipinski definition) is 5. The third kappa shape index (κ3) is 6.42. The zero-order valence-corrected chi connectivity index (χ0v) is 22.7. The molecular weight excluding hydrogens is 476 g/mol. The summed E-state index contributed by atoms with van der Waals surface area (Å²) < 4.78 is 33.9. The lowest BCUT2D eigenvalue weighted by molar-refractivity contribution is 0.0887. The second-order valence-electron chi connectivity index (χ2n) is 10.9. The molecule has 0 bridgehead atoms. The Bertz CT molecular complexity index is 1140. The van der Waals surface area contributed by atoms with Gasteiger partial charge in [0.15, 0.2) is 0 Å². The number of ether oxygens (including phenoxy) is 1. The Balaban J connectivity index is 1.56.